The van der Waals surface area contributed by atoms with Gasteiger partial charge >= 0.3 is 0 Å². The molecule has 74 valence electrons. The maximum absolute atomic E-state index is 11.6. The molecule has 1 amide bonds. The molecule has 2 aliphatic rings. The van der Waals surface area contributed by atoms with Gasteiger partial charge in [-0.1, -0.05) is 6.92 Å². The predicted octanol–water partition coefficient (Wildman–Crippen LogP) is 1.71. The zero-order valence-electron chi connectivity index (χ0n) is 8.07. The summed E-state index contributed by atoms with van der Waals surface area (Å²) in [6.45, 7) is 2.30. The lowest BCUT2D eigenvalue weighted by Gasteiger charge is -2.37. The predicted molar refractivity (Wildman–Crippen MR) is 55.9 cm³/mol. The molecule has 0 N–H and O–H groups in total. The molecule has 2 heterocycles. The van der Waals surface area contributed by atoms with E-state index in [1.54, 1.807) is 0 Å². The summed E-state index contributed by atoms with van der Waals surface area (Å²) in [7, 11) is 0. The number of rotatable bonds is 1. The second-order valence-electron chi connectivity index (χ2n) is 4.42. The molecule has 0 aliphatic carbocycles. The van der Waals surface area contributed by atoms with Crippen molar-refractivity contribution in [2.24, 2.45) is 5.92 Å². The van der Waals surface area contributed by atoms with E-state index < -0.39 is 0 Å². The molecule has 0 radical (unpaired) electrons. The van der Waals surface area contributed by atoms with Crippen LogP contribution in [0.25, 0.3) is 0 Å². The summed E-state index contributed by atoms with van der Waals surface area (Å²) in [5.41, 5.74) is 0. The van der Waals surface area contributed by atoms with Gasteiger partial charge in [0, 0.05) is 12.1 Å². The fourth-order valence-electron chi connectivity index (χ4n) is 2.94. The number of amides is 1. The highest BCUT2D eigenvalue weighted by molar-refractivity contribution is 7.81. The van der Waals surface area contributed by atoms with Crippen LogP contribution in [-0.4, -0.2) is 28.6 Å². The lowest BCUT2D eigenvalue weighted by Crippen LogP contribution is -2.46. The van der Waals surface area contributed by atoms with Crippen molar-refractivity contribution in [2.75, 3.05) is 5.75 Å². The van der Waals surface area contributed by atoms with E-state index in [0.29, 0.717) is 17.8 Å². The number of carbonyl (C=O) groups excluding carboxylic acids is 1. The van der Waals surface area contributed by atoms with Crippen LogP contribution in [0.2, 0.25) is 0 Å². The van der Waals surface area contributed by atoms with Crippen molar-refractivity contribution in [1.29, 1.82) is 0 Å². The van der Waals surface area contributed by atoms with E-state index in [0.717, 1.165) is 5.92 Å². The number of hydrogen-bond donors (Lipinski definition) is 1. The van der Waals surface area contributed by atoms with Gasteiger partial charge in [0.2, 0.25) is 5.91 Å². The first-order chi connectivity index (χ1) is 6.22. The molecule has 2 nitrogen and oxygen atoms in total. The van der Waals surface area contributed by atoms with E-state index in [4.69, 9.17) is 0 Å². The Bertz CT molecular complexity index is 205. The maximum Gasteiger partial charge on any atom is 0.232 e. The van der Waals surface area contributed by atoms with Crippen LogP contribution < -0.4 is 0 Å². The van der Waals surface area contributed by atoms with E-state index in [-0.39, 0.29) is 5.91 Å². The molecule has 0 saturated carbocycles. The highest BCUT2D eigenvalue weighted by atomic mass is 32.1. The molecule has 3 heteroatoms. The van der Waals surface area contributed by atoms with E-state index in [1.165, 1.54) is 25.7 Å². The molecule has 2 fully saturated rings. The first-order valence-electron chi connectivity index (χ1n) is 5.14. The minimum Gasteiger partial charge on any atom is -0.336 e. The van der Waals surface area contributed by atoms with Crippen molar-refractivity contribution in [3.8, 4) is 0 Å². The van der Waals surface area contributed by atoms with Gasteiger partial charge in [0.1, 0.15) is 0 Å². The number of hydrogen-bond acceptors (Lipinski definition) is 2. The number of fused-ring (bicyclic) bond motifs is 2. The van der Waals surface area contributed by atoms with Crippen molar-refractivity contribution in [3.05, 3.63) is 0 Å². The molecule has 2 unspecified atom stereocenters. The Morgan fingerprint density at radius 1 is 1.38 bits per heavy atom. The fraction of sp³-hybridized carbons (Fsp3) is 0.900. The molecule has 2 bridgehead atoms. The summed E-state index contributed by atoms with van der Waals surface area (Å²) in [6, 6.07) is 1.07. The smallest absolute Gasteiger partial charge is 0.232 e. The molecule has 0 aromatic carbocycles. The number of carbonyl (C=O) groups is 1. The Balaban J connectivity index is 2.10. The molecule has 0 aromatic rings. The van der Waals surface area contributed by atoms with Gasteiger partial charge in [-0.3, -0.25) is 4.79 Å². The largest absolute Gasteiger partial charge is 0.336 e. The lowest BCUT2D eigenvalue weighted by atomic mass is 9.92. The van der Waals surface area contributed by atoms with Crippen LogP contribution in [0.3, 0.4) is 0 Å². The second-order valence-corrected chi connectivity index (χ2v) is 4.74. The van der Waals surface area contributed by atoms with Crippen molar-refractivity contribution in [3.63, 3.8) is 0 Å². The van der Waals surface area contributed by atoms with Gasteiger partial charge in [0.25, 0.3) is 0 Å². The number of nitrogens with zero attached hydrogens (tertiary/aromatic N) is 1. The molecule has 0 aromatic heterocycles. The van der Waals surface area contributed by atoms with E-state index in [2.05, 4.69) is 24.5 Å². The van der Waals surface area contributed by atoms with Gasteiger partial charge in [-0.2, -0.15) is 12.6 Å². The van der Waals surface area contributed by atoms with Crippen LogP contribution in [0.1, 0.15) is 32.6 Å². The second kappa shape index (κ2) is 3.52. The molecular formula is C10H17NOS. The monoisotopic (exact) mass is 199 g/mol. The zero-order chi connectivity index (χ0) is 9.42. The minimum absolute atomic E-state index is 0.239. The molecule has 2 atom stereocenters. The van der Waals surface area contributed by atoms with E-state index >= 15 is 0 Å². The molecule has 2 saturated heterocycles. The highest BCUT2D eigenvalue weighted by Gasteiger charge is 2.41. The Labute approximate surface area is 85.1 Å². The molecule has 13 heavy (non-hydrogen) atoms. The average molecular weight is 199 g/mol. The van der Waals surface area contributed by atoms with Crippen LogP contribution in [0.5, 0.6) is 0 Å². The molecule has 0 spiro atoms. The van der Waals surface area contributed by atoms with Crippen molar-refractivity contribution < 1.29 is 4.79 Å². The summed E-state index contributed by atoms with van der Waals surface area (Å²) < 4.78 is 0. The van der Waals surface area contributed by atoms with Crippen LogP contribution in [0.4, 0.5) is 0 Å². The van der Waals surface area contributed by atoms with Crippen LogP contribution in [0.15, 0.2) is 0 Å². The Hall–Kier alpha value is -0.180. The third-order valence-electron chi connectivity index (χ3n) is 3.39. The molecular weight excluding hydrogens is 182 g/mol. The summed E-state index contributed by atoms with van der Waals surface area (Å²) in [5, 5.41) is 0. The lowest BCUT2D eigenvalue weighted by molar-refractivity contribution is -0.133. The number of piperidine rings is 1. The Kier molecular flexibility index (Phi) is 2.54. The van der Waals surface area contributed by atoms with Crippen molar-refractivity contribution >= 4 is 18.5 Å². The molecule has 2 aliphatic heterocycles. The fourth-order valence-corrected chi connectivity index (χ4v) is 3.10. The third kappa shape index (κ3) is 1.58. The van der Waals surface area contributed by atoms with Gasteiger partial charge < -0.3 is 4.90 Å². The van der Waals surface area contributed by atoms with Gasteiger partial charge in [0.15, 0.2) is 0 Å². The van der Waals surface area contributed by atoms with Crippen LogP contribution in [0, 0.1) is 5.92 Å². The first kappa shape index (κ1) is 9.38. The van der Waals surface area contributed by atoms with Gasteiger partial charge in [0.05, 0.1) is 5.75 Å². The molecule has 2 rings (SSSR count). The van der Waals surface area contributed by atoms with Gasteiger partial charge in [-0.05, 0) is 31.6 Å². The zero-order valence-corrected chi connectivity index (χ0v) is 8.96. The SMILES string of the molecule is CC1CC2CCC(C1)N2C(=O)CS. The van der Waals surface area contributed by atoms with Crippen LogP contribution >= 0.6 is 12.6 Å². The first-order valence-corrected chi connectivity index (χ1v) is 5.77. The standard InChI is InChI=1S/C10H17NOS/c1-7-4-8-2-3-9(5-7)11(8)10(12)6-13/h7-9,13H,2-6H2,1H3. The topological polar surface area (TPSA) is 20.3 Å². The van der Waals surface area contributed by atoms with Crippen molar-refractivity contribution in [1.82, 2.24) is 4.90 Å². The third-order valence-corrected chi connectivity index (χ3v) is 3.66. The Morgan fingerprint density at radius 3 is 2.38 bits per heavy atom. The minimum atomic E-state index is 0.239. The summed E-state index contributed by atoms with van der Waals surface area (Å²) in [5.74, 6) is 1.42. The average Bonchev–Trinajstić information content (AvgIpc) is 2.37. The van der Waals surface area contributed by atoms with E-state index in [1.807, 2.05) is 0 Å². The van der Waals surface area contributed by atoms with Gasteiger partial charge in [-0.25, -0.2) is 0 Å². The summed E-state index contributed by atoms with van der Waals surface area (Å²) in [4.78, 5) is 13.7. The maximum atomic E-state index is 11.6. The van der Waals surface area contributed by atoms with Gasteiger partial charge in [-0.15, -0.1) is 0 Å². The van der Waals surface area contributed by atoms with Crippen molar-refractivity contribution in [2.45, 2.75) is 44.7 Å². The normalized spacial score (nSPS) is 38.0. The van der Waals surface area contributed by atoms with E-state index in [9.17, 15) is 4.79 Å². The van der Waals surface area contributed by atoms with Crippen LogP contribution in [-0.2, 0) is 4.79 Å². The Morgan fingerprint density at radius 2 is 1.92 bits per heavy atom. The highest BCUT2D eigenvalue weighted by Crippen LogP contribution is 2.38. The number of thiol groups is 1. The summed E-state index contributed by atoms with van der Waals surface area (Å²) >= 11 is 4.07. The summed E-state index contributed by atoms with van der Waals surface area (Å²) in [6.07, 6.45) is 4.84. The quantitative estimate of drug-likeness (QED) is 0.637.